The van der Waals surface area contributed by atoms with Gasteiger partial charge in [0.25, 0.3) is 0 Å². The molecule has 0 aromatic heterocycles. The minimum absolute atomic E-state index is 0.116. The van der Waals surface area contributed by atoms with Crippen LogP contribution >= 0.6 is 0 Å². The van der Waals surface area contributed by atoms with E-state index >= 15 is 0 Å². The lowest BCUT2D eigenvalue weighted by molar-refractivity contribution is 0.165. The molecule has 0 saturated carbocycles. The van der Waals surface area contributed by atoms with Gasteiger partial charge in [0, 0.05) is 12.6 Å². The summed E-state index contributed by atoms with van der Waals surface area (Å²) >= 11 is 0. The largest absolute Gasteiger partial charge is 0.395 e. The number of benzene rings is 1. The van der Waals surface area contributed by atoms with Crippen molar-refractivity contribution in [2.75, 3.05) is 25.4 Å². The summed E-state index contributed by atoms with van der Waals surface area (Å²) < 4.78 is 24.2. The molecule has 0 unspecified atom stereocenters. The Kier molecular flexibility index (Phi) is 4.37. The van der Waals surface area contributed by atoms with Gasteiger partial charge < -0.3 is 5.11 Å². The van der Waals surface area contributed by atoms with Crippen LogP contribution in [0.25, 0.3) is 0 Å². The van der Waals surface area contributed by atoms with E-state index in [4.69, 9.17) is 0 Å². The van der Waals surface area contributed by atoms with E-state index in [2.05, 4.69) is 4.90 Å². The first-order valence-electron chi connectivity index (χ1n) is 6.26. The van der Waals surface area contributed by atoms with Gasteiger partial charge in [-0.25, -0.2) is 8.42 Å². The maximum Gasteiger partial charge on any atom is 0.179 e. The summed E-state index contributed by atoms with van der Waals surface area (Å²) in [7, 11) is -3.20. The molecule has 1 fully saturated rings. The molecule has 1 atom stereocenters. The average Bonchev–Trinajstić information content (AvgIpc) is 2.85. The highest BCUT2D eigenvalue weighted by Crippen LogP contribution is 2.17. The minimum atomic E-state index is -3.20. The first-order chi connectivity index (χ1) is 8.63. The van der Waals surface area contributed by atoms with Crippen molar-refractivity contribution in [2.45, 2.75) is 23.8 Å². The number of sulfone groups is 1. The Morgan fingerprint density at radius 2 is 2.00 bits per heavy atom. The SMILES string of the molecule is O=S(=O)(CCN1CCC[C@H]1CO)c1ccccc1. The molecule has 1 saturated heterocycles. The van der Waals surface area contributed by atoms with E-state index in [1.54, 1.807) is 30.3 Å². The van der Waals surface area contributed by atoms with Gasteiger partial charge in [0.1, 0.15) is 0 Å². The fraction of sp³-hybridized carbons (Fsp3) is 0.538. The normalized spacial score (nSPS) is 21.3. The van der Waals surface area contributed by atoms with Gasteiger partial charge in [-0.1, -0.05) is 18.2 Å². The summed E-state index contributed by atoms with van der Waals surface area (Å²) in [6, 6.07) is 8.67. The van der Waals surface area contributed by atoms with Gasteiger partial charge in [0.05, 0.1) is 17.3 Å². The third-order valence-corrected chi connectivity index (χ3v) is 5.17. The number of hydrogen-bond acceptors (Lipinski definition) is 4. The summed E-state index contributed by atoms with van der Waals surface area (Å²) in [5.74, 6) is 0.119. The second-order valence-electron chi connectivity index (χ2n) is 4.65. The molecule has 1 heterocycles. The molecule has 1 aliphatic heterocycles. The Labute approximate surface area is 108 Å². The van der Waals surface area contributed by atoms with Crippen LogP contribution in [0.5, 0.6) is 0 Å². The summed E-state index contributed by atoms with van der Waals surface area (Å²) in [5.41, 5.74) is 0. The topological polar surface area (TPSA) is 57.6 Å². The van der Waals surface area contributed by atoms with Gasteiger partial charge in [0.15, 0.2) is 9.84 Å². The molecule has 0 bridgehead atoms. The third kappa shape index (κ3) is 3.10. The fourth-order valence-corrected chi connectivity index (χ4v) is 3.66. The second kappa shape index (κ2) is 5.82. The van der Waals surface area contributed by atoms with Gasteiger partial charge in [0.2, 0.25) is 0 Å². The number of aliphatic hydroxyl groups is 1. The number of likely N-dealkylation sites (tertiary alicyclic amines) is 1. The highest BCUT2D eigenvalue weighted by molar-refractivity contribution is 7.91. The summed E-state index contributed by atoms with van der Waals surface area (Å²) in [6.07, 6.45) is 2.00. The highest BCUT2D eigenvalue weighted by Gasteiger charge is 2.25. The van der Waals surface area contributed by atoms with E-state index in [-0.39, 0.29) is 18.4 Å². The molecule has 100 valence electrons. The maximum atomic E-state index is 12.1. The van der Waals surface area contributed by atoms with Crippen LogP contribution in [-0.4, -0.2) is 49.9 Å². The van der Waals surface area contributed by atoms with Crippen LogP contribution in [-0.2, 0) is 9.84 Å². The summed E-state index contributed by atoms with van der Waals surface area (Å²) in [6.45, 7) is 1.50. The van der Waals surface area contributed by atoms with E-state index < -0.39 is 9.84 Å². The first-order valence-corrected chi connectivity index (χ1v) is 7.91. The Morgan fingerprint density at radius 1 is 1.28 bits per heavy atom. The lowest BCUT2D eigenvalue weighted by Crippen LogP contribution is -2.35. The standard InChI is InChI=1S/C13H19NO3S/c15-11-12-5-4-8-14(12)9-10-18(16,17)13-6-2-1-3-7-13/h1-3,6-7,12,15H,4-5,8-11H2/t12-/m0/s1. The number of nitrogens with zero attached hydrogens (tertiary/aromatic N) is 1. The van der Waals surface area contributed by atoms with E-state index in [0.29, 0.717) is 11.4 Å². The summed E-state index contributed by atoms with van der Waals surface area (Å²) in [4.78, 5) is 2.45. The molecule has 0 radical (unpaired) electrons. The van der Waals surface area contributed by atoms with Crippen molar-refractivity contribution in [3.63, 3.8) is 0 Å². The smallest absolute Gasteiger partial charge is 0.179 e. The average molecular weight is 269 g/mol. The molecular weight excluding hydrogens is 250 g/mol. The maximum absolute atomic E-state index is 12.1. The van der Waals surface area contributed by atoms with Crippen molar-refractivity contribution in [3.8, 4) is 0 Å². The molecule has 4 nitrogen and oxygen atoms in total. The Morgan fingerprint density at radius 3 is 2.67 bits per heavy atom. The minimum Gasteiger partial charge on any atom is -0.395 e. The van der Waals surface area contributed by atoms with Gasteiger partial charge >= 0.3 is 0 Å². The molecule has 1 aliphatic rings. The molecule has 2 rings (SSSR count). The first kappa shape index (κ1) is 13.5. The molecule has 18 heavy (non-hydrogen) atoms. The molecule has 0 aliphatic carbocycles. The lowest BCUT2D eigenvalue weighted by Gasteiger charge is -2.22. The van der Waals surface area contributed by atoms with Crippen molar-refractivity contribution < 1.29 is 13.5 Å². The van der Waals surface area contributed by atoms with E-state index in [1.165, 1.54) is 0 Å². The fourth-order valence-electron chi connectivity index (χ4n) is 2.38. The molecule has 0 amide bonds. The van der Waals surface area contributed by atoms with Gasteiger partial charge in [-0.3, -0.25) is 4.90 Å². The summed E-state index contributed by atoms with van der Waals surface area (Å²) in [5, 5.41) is 9.19. The Bertz CT molecular complexity index is 472. The van der Waals surface area contributed by atoms with E-state index in [1.807, 2.05) is 0 Å². The van der Waals surface area contributed by atoms with Crippen LogP contribution in [0.3, 0.4) is 0 Å². The zero-order chi connectivity index (χ0) is 13.0. The van der Waals surface area contributed by atoms with Crippen molar-refractivity contribution in [1.82, 2.24) is 4.90 Å². The van der Waals surface area contributed by atoms with Crippen molar-refractivity contribution >= 4 is 9.84 Å². The number of aliphatic hydroxyl groups excluding tert-OH is 1. The van der Waals surface area contributed by atoms with Crippen molar-refractivity contribution in [1.29, 1.82) is 0 Å². The van der Waals surface area contributed by atoms with Gasteiger partial charge in [-0.15, -0.1) is 0 Å². The molecule has 1 aromatic carbocycles. The Hall–Kier alpha value is -0.910. The predicted octanol–water partition coefficient (Wildman–Crippen LogP) is 0.917. The molecule has 1 N–H and O–H groups in total. The van der Waals surface area contributed by atoms with Crippen LogP contribution in [0, 0.1) is 0 Å². The quantitative estimate of drug-likeness (QED) is 0.863. The van der Waals surface area contributed by atoms with Crippen LogP contribution < -0.4 is 0 Å². The molecular formula is C13H19NO3S. The van der Waals surface area contributed by atoms with E-state index in [9.17, 15) is 13.5 Å². The second-order valence-corrected chi connectivity index (χ2v) is 6.76. The predicted molar refractivity (Wildman–Crippen MR) is 70.2 cm³/mol. The van der Waals surface area contributed by atoms with E-state index in [0.717, 1.165) is 19.4 Å². The van der Waals surface area contributed by atoms with Crippen LogP contribution in [0.2, 0.25) is 0 Å². The van der Waals surface area contributed by atoms with Crippen molar-refractivity contribution in [3.05, 3.63) is 30.3 Å². The third-order valence-electron chi connectivity index (χ3n) is 3.46. The van der Waals surface area contributed by atoms with Gasteiger partial charge in [-0.2, -0.15) is 0 Å². The van der Waals surface area contributed by atoms with Crippen LogP contribution in [0.1, 0.15) is 12.8 Å². The van der Waals surface area contributed by atoms with Crippen molar-refractivity contribution in [2.24, 2.45) is 0 Å². The molecule has 0 spiro atoms. The van der Waals surface area contributed by atoms with Gasteiger partial charge in [-0.05, 0) is 31.5 Å². The molecule has 5 heteroatoms. The van der Waals surface area contributed by atoms with Crippen LogP contribution in [0.4, 0.5) is 0 Å². The Balaban J connectivity index is 1.98. The number of hydrogen-bond donors (Lipinski definition) is 1. The van der Waals surface area contributed by atoms with Crippen LogP contribution in [0.15, 0.2) is 35.2 Å². The highest BCUT2D eigenvalue weighted by atomic mass is 32.2. The zero-order valence-corrected chi connectivity index (χ0v) is 11.1. The number of rotatable bonds is 5. The lowest BCUT2D eigenvalue weighted by atomic mass is 10.2. The zero-order valence-electron chi connectivity index (χ0n) is 10.3. The monoisotopic (exact) mass is 269 g/mol. The molecule has 1 aromatic rings.